The molecule has 2 N–H and O–H groups in total. The number of alkyl halides is 3. The number of carbonyl (C=O) groups excluding carboxylic acids is 1. The molecule has 0 spiro atoms. The molecule has 176 valence electrons. The quantitative estimate of drug-likeness (QED) is 0.394. The van der Waals surface area contributed by atoms with Crippen molar-refractivity contribution < 1.29 is 22.7 Å². The molecule has 0 bridgehead atoms. The van der Waals surface area contributed by atoms with Gasteiger partial charge < -0.3 is 15.4 Å². The number of hydrogen-bond acceptors (Lipinski definition) is 6. The number of amides is 1. The van der Waals surface area contributed by atoms with E-state index in [9.17, 15) is 18.0 Å². The van der Waals surface area contributed by atoms with Gasteiger partial charge >= 0.3 is 6.36 Å². The highest BCUT2D eigenvalue weighted by atomic mass is 79.9. The van der Waals surface area contributed by atoms with Crippen molar-refractivity contribution in [3.05, 3.63) is 46.9 Å². The van der Waals surface area contributed by atoms with Gasteiger partial charge in [0.15, 0.2) is 11.5 Å². The van der Waals surface area contributed by atoms with Gasteiger partial charge in [-0.2, -0.15) is 4.52 Å². The second-order valence-electron chi connectivity index (χ2n) is 7.77. The molecule has 8 nitrogen and oxygen atoms in total. The topological polar surface area (TPSA) is 93.4 Å². The molecule has 0 unspecified atom stereocenters. The number of aromatic nitrogens is 4. The molecule has 1 aliphatic rings. The molecular formula is C22H18BrF3N6O2. The van der Waals surface area contributed by atoms with Gasteiger partial charge in [0.2, 0.25) is 11.9 Å². The predicted molar refractivity (Wildman–Crippen MR) is 122 cm³/mol. The van der Waals surface area contributed by atoms with Crippen LogP contribution < -0.4 is 15.4 Å². The van der Waals surface area contributed by atoms with E-state index in [1.165, 1.54) is 22.7 Å². The lowest BCUT2D eigenvalue weighted by atomic mass is 10.1. The van der Waals surface area contributed by atoms with Crippen molar-refractivity contribution in [3.63, 3.8) is 0 Å². The number of rotatable bonds is 4. The first-order valence-corrected chi connectivity index (χ1v) is 11.3. The standard InChI is InChI=1S/C22H18BrF3N6O2/c23-14-8-5-7-13-17(14)29-21(28-15-9-3-4-11-27-20(15)33)32-19(13)30-18(31-32)12-6-1-2-10-16(12)34-22(24,25)26/h1-2,5-8,10,15H,3-4,9,11H2,(H,27,33)(H,28,29)/t15-/m1/s1. The van der Waals surface area contributed by atoms with Gasteiger partial charge in [-0.05, 0) is 59.5 Å². The minimum Gasteiger partial charge on any atom is -0.405 e. The van der Waals surface area contributed by atoms with Crippen molar-refractivity contribution in [2.45, 2.75) is 31.7 Å². The average molecular weight is 535 g/mol. The molecule has 5 rings (SSSR count). The molecule has 2 aromatic heterocycles. The largest absolute Gasteiger partial charge is 0.573 e. The van der Waals surface area contributed by atoms with E-state index < -0.39 is 18.2 Å². The molecule has 1 fully saturated rings. The number of fused-ring (bicyclic) bond motifs is 3. The zero-order valence-electron chi connectivity index (χ0n) is 17.6. The van der Waals surface area contributed by atoms with Crippen molar-refractivity contribution >= 4 is 44.3 Å². The van der Waals surface area contributed by atoms with Crippen LogP contribution in [0.4, 0.5) is 19.1 Å². The maximum absolute atomic E-state index is 13.0. The fourth-order valence-corrected chi connectivity index (χ4v) is 4.36. The predicted octanol–water partition coefficient (Wildman–Crippen LogP) is 4.69. The Morgan fingerprint density at radius 1 is 1.12 bits per heavy atom. The second kappa shape index (κ2) is 8.75. The second-order valence-corrected chi connectivity index (χ2v) is 8.62. The van der Waals surface area contributed by atoms with E-state index in [-0.39, 0.29) is 23.2 Å². The highest BCUT2D eigenvalue weighted by Gasteiger charge is 2.33. The minimum absolute atomic E-state index is 0.0301. The zero-order chi connectivity index (χ0) is 23.9. The number of para-hydroxylation sites is 2. The summed E-state index contributed by atoms with van der Waals surface area (Å²) in [7, 11) is 0. The summed E-state index contributed by atoms with van der Waals surface area (Å²) in [5.41, 5.74) is 1.02. The van der Waals surface area contributed by atoms with Gasteiger partial charge in [-0.15, -0.1) is 18.3 Å². The lowest BCUT2D eigenvalue weighted by Crippen LogP contribution is -2.38. The highest BCUT2D eigenvalue weighted by molar-refractivity contribution is 9.10. The Morgan fingerprint density at radius 3 is 2.76 bits per heavy atom. The van der Waals surface area contributed by atoms with Crippen LogP contribution >= 0.6 is 15.9 Å². The van der Waals surface area contributed by atoms with Crippen LogP contribution in [-0.4, -0.2) is 44.4 Å². The number of ether oxygens (including phenoxy) is 1. The fraction of sp³-hybridized carbons (Fsp3) is 0.273. The third kappa shape index (κ3) is 4.37. The van der Waals surface area contributed by atoms with Crippen molar-refractivity contribution in [1.82, 2.24) is 24.9 Å². The van der Waals surface area contributed by atoms with Crippen LogP contribution in [0.15, 0.2) is 46.9 Å². The van der Waals surface area contributed by atoms with Gasteiger partial charge in [-0.1, -0.05) is 18.2 Å². The Bertz CT molecular complexity index is 1390. The summed E-state index contributed by atoms with van der Waals surface area (Å²) in [5, 5.41) is 11.1. The Balaban J connectivity index is 1.68. The van der Waals surface area contributed by atoms with Crippen LogP contribution in [0.3, 0.4) is 0 Å². The van der Waals surface area contributed by atoms with Crippen LogP contribution in [0.1, 0.15) is 19.3 Å². The van der Waals surface area contributed by atoms with Crippen molar-refractivity contribution in [2.24, 2.45) is 0 Å². The summed E-state index contributed by atoms with van der Waals surface area (Å²) in [5.74, 6) is -0.280. The van der Waals surface area contributed by atoms with E-state index in [2.05, 4.69) is 46.4 Å². The first-order chi connectivity index (χ1) is 16.3. The molecule has 0 radical (unpaired) electrons. The number of anilines is 1. The Kier molecular flexibility index (Phi) is 5.76. The molecule has 0 aliphatic carbocycles. The molecule has 34 heavy (non-hydrogen) atoms. The fourth-order valence-electron chi connectivity index (χ4n) is 3.90. The summed E-state index contributed by atoms with van der Waals surface area (Å²) in [6.07, 6.45) is -2.54. The Morgan fingerprint density at radius 2 is 1.94 bits per heavy atom. The molecule has 12 heteroatoms. The third-order valence-corrected chi connectivity index (χ3v) is 6.09. The van der Waals surface area contributed by atoms with E-state index in [0.29, 0.717) is 34.0 Å². The van der Waals surface area contributed by atoms with Crippen LogP contribution in [0.25, 0.3) is 27.9 Å². The zero-order valence-corrected chi connectivity index (χ0v) is 19.2. The van der Waals surface area contributed by atoms with E-state index in [4.69, 9.17) is 0 Å². The van der Waals surface area contributed by atoms with Gasteiger partial charge in [-0.25, -0.2) is 9.97 Å². The molecule has 3 heterocycles. The maximum Gasteiger partial charge on any atom is 0.573 e. The van der Waals surface area contributed by atoms with Gasteiger partial charge in [0, 0.05) is 16.4 Å². The molecule has 1 amide bonds. The summed E-state index contributed by atoms with van der Waals surface area (Å²) >= 11 is 3.49. The first kappa shape index (κ1) is 22.4. The SMILES string of the molecule is O=C1NCCCC[C@H]1Nc1nc2c(Br)cccc2c2nc(-c3ccccc3OC(F)(F)F)nn12. The molecule has 4 aromatic rings. The summed E-state index contributed by atoms with van der Waals surface area (Å²) in [6.45, 7) is 0.604. The van der Waals surface area contributed by atoms with Gasteiger partial charge in [-0.3, -0.25) is 4.79 Å². The molecule has 1 saturated heterocycles. The first-order valence-electron chi connectivity index (χ1n) is 10.5. The number of hydrogen-bond donors (Lipinski definition) is 2. The molecule has 1 atom stereocenters. The number of nitrogens with zero attached hydrogens (tertiary/aromatic N) is 4. The van der Waals surface area contributed by atoms with Crippen molar-refractivity contribution in [1.29, 1.82) is 0 Å². The monoisotopic (exact) mass is 534 g/mol. The van der Waals surface area contributed by atoms with Crippen LogP contribution in [0.5, 0.6) is 5.75 Å². The summed E-state index contributed by atoms with van der Waals surface area (Å²) in [6, 6.07) is 10.5. The molecular weight excluding hydrogens is 517 g/mol. The van der Waals surface area contributed by atoms with Crippen molar-refractivity contribution in [2.75, 3.05) is 11.9 Å². The smallest absolute Gasteiger partial charge is 0.405 e. The van der Waals surface area contributed by atoms with E-state index in [1.807, 2.05) is 6.07 Å². The highest BCUT2D eigenvalue weighted by Crippen LogP contribution is 2.34. The lowest BCUT2D eigenvalue weighted by molar-refractivity contribution is -0.274. The number of benzene rings is 2. The summed E-state index contributed by atoms with van der Waals surface area (Å²) < 4.78 is 45.2. The van der Waals surface area contributed by atoms with Crippen LogP contribution in [-0.2, 0) is 4.79 Å². The van der Waals surface area contributed by atoms with Gasteiger partial charge in [0.05, 0.1) is 11.1 Å². The van der Waals surface area contributed by atoms with Crippen LogP contribution in [0.2, 0.25) is 0 Å². The number of carbonyl (C=O) groups is 1. The number of halogens is 4. The molecule has 2 aromatic carbocycles. The van der Waals surface area contributed by atoms with Crippen molar-refractivity contribution in [3.8, 4) is 17.1 Å². The van der Waals surface area contributed by atoms with Crippen LogP contribution in [0, 0.1) is 0 Å². The van der Waals surface area contributed by atoms with E-state index in [0.717, 1.165) is 12.8 Å². The molecule has 1 aliphatic heterocycles. The van der Waals surface area contributed by atoms with Gasteiger partial charge in [0.1, 0.15) is 11.8 Å². The van der Waals surface area contributed by atoms with E-state index in [1.54, 1.807) is 18.2 Å². The summed E-state index contributed by atoms with van der Waals surface area (Å²) in [4.78, 5) is 21.7. The number of nitrogens with one attached hydrogen (secondary N) is 2. The van der Waals surface area contributed by atoms with E-state index >= 15 is 0 Å². The minimum atomic E-state index is -4.87. The lowest BCUT2D eigenvalue weighted by Gasteiger charge is -2.17. The maximum atomic E-state index is 13.0. The molecule has 0 saturated carbocycles. The average Bonchev–Trinajstić information content (AvgIpc) is 3.14. The third-order valence-electron chi connectivity index (χ3n) is 5.45. The Labute approximate surface area is 199 Å². The Hall–Kier alpha value is -3.41. The normalized spacial score (nSPS) is 16.9. The van der Waals surface area contributed by atoms with Gasteiger partial charge in [0.25, 0.3) is 0 Å².